The van der Waals surface area contributed by atoms with Gasteiger partial charge in [-0.2, -0.15) is 5.10 Å². The van der Waals surface area contributed by atoms with Gasteiger partial charge in [0.1, 0.15) is 11.5 Å². The van der Waals surface area contributed by atoms with Crippen LogP contribution < -0.4 is 14.9 Å². The summed E-state index contributed by atoms with van der Waals surface area (Å²) in [6.07, 6.45) is 1.47. The highest BCUT2D eigenvalue weighted by molar-refractivity contribution is 6.04. The van der Waals surface area contributed by atoms with Crippen LogP contribution in [0.15, 0.2) is 102 Å². The second kappa shape index (κ2) is 10.0. The maximum atomic E-state index is 12.6. The van der Waals surface area contributed by atoms with Crippen molar-refractivity contribution in [2.24, 2.45) is 5.10 Å². The molecule has 158 valence electrons. The summed E-state index contributed by atoms with van der Waals surface area (Å²) in [5, 5.41) is 5.84. The predicted molar refractivity (Wildman–Crippen MR) is 123 cm³/mol. The number of carbonyl (C=O) groups is 2. The Hall–Kier alpha value is -4.45. The van der Waals surface area contributed by atoms with Crippen LogP contribution >= 0.6 is 0 Å². The lowest BCUT2D eigenvalue weighted by molar-refractivity contribution is -0.123. The van der Waals surface area contributed by atoms with E-state index in [1.165, 1.54) is 6.21 Å². The van der Waals surface area contributed by atoms with Crippen molar-refractivity contribution in [2.45, 2.75) is 0 Å². The number of hydrogen-bond acceptors (Lipinski definition) is 5. The molecule has 6 nitrogen and oxygen atoms in total. The fourth-order valence-electron chi connectivity index (χ4n) is 3.10. The van der Waals surface area contributed by atoms with E-state index in [1.807, 2.05) is 54.6 Å². The van der Waals surface area contributed by atoms with E-state index >= 15 is 0 Å². The number of rotatable bonds is 7. The van der Waals surface area contributed by atoms with Gasteiger partial charge in [0.05, 0.1) is 11.8 Å². The van der Waals surface area contributed by atoms with E-state index in [1.54, 1.807) is 42.5 Å². The average Bonchev–Trinajstić information content (AvgIpc) is 2.85. The molecule has 0 bridgehead atoms. The molecule has 0 unspecified atom stereocenters. The van der Waals surface area contributed by atoms with Crippen molar-refractivity contribution < 1.29 is 19.1 Å². The highest BCUT2D eigenvalue weighted by atomic mass is 16.5. The van der Waals surface area contributed by atoms with E-state index in [0.717, 1.165) is 10.8 Å². The largest absolute Gasteiger partial charge is 0.484 e. The van der Waals surface area contributed by atoms with Crippen molar-refractivity contribution >= 4 is 28.9 Å². The number of para-hydroxylation sites is 1. The number of ether oxygens (including phenoxy) is 2. The van der Waals surface area contributed by atoms with Crippen molar-refractivity contribution in [3.05, 3.63) is 108 Å². The molecule has 4 aromatic carbocycles. The van der Waals surface area contributed by atoms with Gasteiger partial charge in [0.15, 0.2) is 6.61 Å². The third kappa shape index (κ3) is 5.17. The number of amides is 1. The molecule has 4 rings (SSSR count). The maximum Gasteiger partial charge on any atom is 0.343 e. The van der Waals surface area contributed by atoms with Gasteiger partial charge < -0.3 is 9.47 Å². The molecule has 0 spiro atoms. The lowest BCUT2D eigenvalue weighted by Gasteiger charge is -2.10. The monoisotopic (exact) mass is 424 g/mol. The summed E-state index contributed by atoms with van der Waals surface area (Å²) in [6, 6.07) is 29.0. The Morgan fingerprint density at radius 1 is 0.812 bits per heavy atom. The van der Waals surface area contributed by atoms with Gasteiger partial charge in [-0.05, 0) is 41.1 Å². The van der Waals surface area contributed by atoms with Crippen LogP contribution in [0.4, 0.5) is 0 Å². The number of nitrogens with zero attached hydrogens (tertiary/aromatic N) is 1. The van der Waals surface area contributed by atoms with E-state index in [-0.39, 0.29) is 6.61 Å². The van der Waals surface area contributed by atoms with E-state index in [9.17, 15) is 9.59 Å². The smallest absolute Gasteiger partial charge is 0.343 e. The quantitative estimate of drug-likeness (QED) is 0.204. The molecule has 0 aromatic heterocycles. The van der Waals surface area contributed by atoms with Gasteiger partial charge in [-0.25, -0.2) is 10.2 Å². The number of nitrogens with one attached hydrogen (secondary N) is 1. The van der Waals surface area contributed by atoms with Crippen molar-refractivity contribution in [1.82, 2.24) is 5.43 Å². The van der Waals surface area contributed by atoms with Crippen molar-refractivity contribution in [3.8, 4) is 11.5 Å². The lowest BCUT2D eigenvalue weighted by Crippen LogP contribution is -2.24. The zero-order valence-corrected chi connectivity index (χ0v) is 17.1. The highest BCUT2D eigenvalue weighted by Crippen LogP contribution is 2.27. The van der Waals surface area contributed by atoms with Crippen LogP contribution in [0.3, 0.4) is 0 Å². The Bertz CT molecular complexity index is 1250. The Kier molecular flexibility index (Phi) is 6.53. The van der Waals surface area contributed by atoms with Gasteiger partial charge in [-0.3, -0.25) is 4.79 Å². The van der Waals surface area contributed by atoms with Gasteiger partial charge in [0.2, 0.25) is 0 Å². The van der Waals surface area contributed by atoms with Crippen LogP contribution in [-0.2, 0) is 4.79 Å². The Morgan fingerprint density at radius 3 is 2.28 bits per heavy atom. The fraction of sp³-hybridized carbons (Fsp3) is 0.0385. The van der Waals surface area contributed by atoms with Crippen LogP contribution in [0, 0.1) is 0 Å². The van der Waals surface area contributed by atoms with Crippen molar-refractivity contribution in [1.29, 1.82) is 0 Å². The standard InChI is InChI=1S/C26H20N2O4/c29-25(18-31-21-12-5-2-6-13-21)28-27-17-23-22-14-8-7-9-19(22)15-16-24(23)32-26(30)20-10-3-1-4-11-20/h1-17H,18H2,(H,28,29). The summed E-state index contributed by atoms with van der Waals surface area (Å²) < 4.78 is 11.0. The third-order valence-electron chi connectivity index (χ3n) is 4.64. The number of benzene rings is 4. The minimum Gasteiger partial charge on any atom is -0.484 e. The van der Waals surface area contributed by atoms with Crippen LogP contribution in [-0.4, -0.2) is 24.7 Å². The van der Waals surface area contributed by atoms with E-state index < -0.39 is 11.9 Å². The molecule has 4 aromatic rings. The van der Waals surface area contributed by atoms with Crippen molar-refractivity contribution in [3.63, 3.8) is 0 Å². The summed E-state index contributed by atoms with van der Waals surface area (Å²) in [7, 11) is 0. The molecular formula is C26H20N2O4. The zero-order valence-electron chi connectivity index (χ0n) is 17.1. The lowest BCUT2D eigenvalue weighted by atomic mass is 10.0. The molecular weight excluding hydrogens is 404 g/mol. The van der Waals surface area contributed by atoms with Crippen LogP contribution in [0.5, 0.6) is 11.5 Å². The van der Waals surface area contributed by atoms with E-state index in [4.69, 9.17) is 9.47 Å². The Balaban J connectivity index is 1.51. The molecule has 1 amide bonds. The number of carbonyl (C=O) groups excluding carboxylic acids is 2. The third-order valence-corrected chi connectivity index (χ3v) is 4.64. The molecule has 0 fully saturated rings. The zero-order chi connectivity index (χ0) is 22.2. The number of fused-ring (bicyclic) bond motifs is 1. The minimum atomic E-state index is -0.476. The van der Waals surface area contributed by atoms with Gasteiger partial charge in [-0.15, -0.1) is 0 Å². The first-order valence-corrected chi connectivity index (χ1v) is 9.99. The normalized spacial score (nSPS) is 10.8. The summed E-state index contributed by atoms with van der Waals surface area (Å²) in [5.74, 6) is 0.0517. The summed E-state index contributed by atoms with van der Waals surface area (Å²) in [4.78, 5) is 24.6. The number of esters is 1. The molecule has 0 saturated carbocycles. The molecule has 0 radical (unpaired) electrons. The van der Waals surface area contributed by atoms with Crippen LogP contribution in [0.25, 0.3) is 10.8 Å². The molecule has 32 heavy (non-hydrogen) atoms. The van der Waals surface area contributed by atoms with Gasteiger partial charge in [0.25, 0.3) is 5.91 Å². The first kappa shape index (κ1) is 20.8. The van der Waals surface area contributed by atoms with Crippen LogP contribution in [0.2, 0.25) is 0 Å². The molecule has 0 heterocycles. The molecule has 6 heteroatoms. The predicted octanol–water partition coefficient (Wildman–Crippen LogP) is 4.59. The number of hydrogen-bond donors (Lipinski definition) is 1. The summed E-state index contributed by atoms with van der Waals surface area (Å²) in [5.41, 5.74) is 3.46. The Morgan fingerprint density at radius 2 is 1.50 bits per heavy atom. The molecule has 0 atom stereocenters. The van der Waals surface area contributed by atoms with E-state index in [2.05, 4.69) is 10.5 Å². The second-order valence-corrected chi connectivity index (χ2v) is 6.85. The molecule has 1 N–H and O–H groups in total. The molecule has 0 saturated heterocycles. The first-order valence-electron chi connectivity index (χ1n) is 9.99. The van der Waals surface area contributed by atoms with Gasteiger partial charge >= 0.3 is 5.97 Å². The Labute approximate surface area is 185 Å². The highest BCUT2D eigenvalue weighted by Gasteiger charge is 2.13. The van der Waals surface area contributed by atoms with Gasteiger partial charge in [0, 0.05) is 5.56 Å². The number of hydrazone groups is 1. The average molecular weight is 424 g/mol. The van der Waals surface area contributed by atoms with Crippen molar-refractivity contribution in [2.75, 3.05) is 6.61 Å². The minimum absolute atomic E-state index is 0.174. The van der Waals surface area contributed by atoms with Crippen LogP contribution in [0.1, 0.15) is 15.9 Å². The first-order chi connectivity index (χ1) is 15.7. The topological polar surface area (TPSA) is 77.0 Å². The maximum absolute atomic E-state index is 12.6. The summed E-state index contributed by atoms with van der Waals surface area (Å²) >= 11 is 0. The molecule has 0 aliphatic carbocycles. The molecule has 0 aliphatic rings. The van der Waals surface area contributed by atoms with Gasteiger partial charge in [-0.1, -0.05) is 66.7 Å². The second-order valence-electron chi connectivity index (χ2n) is 6.85. The fourth-order valence-corrected chi connectivity index (χ4v) is 3.10. The molecule has 0 aliphatic heterocycles. The van der Waals surface area contributed by atoms with E-state index in [0.29, 0.717) is 22.6 Å². The summed E-state index contributed by atoms with van der Waals surface area (Å²) in [6.45, 7) is -0.174. The SMILES string of the molecule is O=C(COc1ccccc1)NN=Cc1c(OC(=O)c2ccccc2)ccc2ccccc12.